The maximum absolute atomic E-state index is 12.1. The van der Waals surface area contributed by atoms with Gasteiger partial charge in [0.15, 0.2) is 11.6 Å². The molecule has 0 amide bonds. The number of nitrogens with one attached hydrogen (secondary N) is 5. The van der Waals surface area contributed by atoms with Crippen molar-refractivity contribution >= 4 is 46.9 Å². The number of rotatable bonds is 23. The Morgan fingerprint density at radius 2 is 1.15 bits per heavy atom. The fraction of sp³-hybridized carbons (Fsp3) is 0.597. The molecule has 458 valence electrons. The number of fused-ring (bicyclic) bond motifs is 1. The first-order valence-corrected chi connectivity index (χ1v) is 31.7. The van der Waals surface area contributed by atoms with Gasteiger partial charge in [-0.2, -0.15) is 0 Å². The zero-order valence-corrected chi connectivity index (χ0v) is 52.4. The second kappa shape index (κ2) is 38.4. The Balaban J connectivity index is 0.000000228. The second-order valence-corrected chi connectivity index (χ2v) is 25.1. The predicted molar refractivity (Wildman–Crippen MR) is 333 cm³/mol. The molecule has 0 spiro atoms. The molecule has 1 aliphatic carbocycles. The molecule has 82 heavy (non-hydrogen) atoms. The van der Waals surface area contributed by atoms with Gasteiger partial charge in [-0.05, 0) is 143 Å². The molecule has 3 aliphatic heterocycles. The van der Waals surface area contributed by atoms with Crippen LogP contribution in [-0.4, -0.2) is 171 Å². The van der Waals surface area contributed by atoms with Crippen molar-refractivity contribution in [3.63, 3.8) is 0 Å². The van der Waals surface area contributed by atoms with Crippen LogP contribution in [-0.2, 0) is 23.7 Å². The maximum Gasteiger partial charge on any atom is 0.338 e. The van der Waals surface area contributed by atoms with E-state index < -0.39 is 28.6 Å². The molecule has 20 heteroatoms. The normalized spacial score (nSPS) is 22.6. The molecule has 8 rings (SSSR count). The number of piperidine rings is 1. The SMILES string of the molecule is CN[C@@H](CO)[C@@H]1COC(C)(C)O1.CN[C@@H](CSc1ccccc1)C(O)CO.CN[C@@H](CSc1ccccc1)C1COC(C)(C)O1.CN[C@@H](CSc1ccccc1)[C@@H](C)COC(=O)c1ccc([N+](=O)[O-])cc1.C[C@@H]1C[C@@H]2CCCC[C@@H]2CN1. The van der Waals surface area contributed by atoms with E-state index in [1.807, 2.05) is 115 Å². The van der Waals surface area contributed by atoms with E-state index in [2.05, 4.69) is 69.9 Å². The Hall–Kier alpha value is -3.68. The van der Waals surface area contributed by atoms with Crippen LogP contribution >= 0.6 is 35.3 Å². The minimum absolute atomic E-state index is 0.0354. The van der Waals surface area contributed by atoms with Gasteiger partial charge in [-0.15, -0.1) is 35.3 Å². The average Bonchev–Trinajstić information content (AvgIpc) is 4.06. The zero-order valence-electron chi connectivity index (χ0n) is 50.0. The van der Waals surface area contributed by atoms with E-state index in [0.717, 1.165) is 35.1 Å². The highest BCUT2D eigenvalue weighted by Crippen LogP contribution is 2.35. The number of esters is 1. The van der Waals surface area contributed by atoms with Crippen LogP contribution in [0.15, 0.2) is 130 Å². The van der Waals surface area contributed by atoms with Crippen molar-refractivity contribution in [2.24, 2.45) is 17.8 Å². The van der Waals surface area contributed by atoms with E-state index >= 15 is 0 Å². The minimum Gasteiger partial charge on any atom is -0.462 e. The third-order valence-electron chi connectivity index (χ3n) is 14.7. The molecule has 0 radical (unpaired) electrons. The number of nitro benzene ring substituents is 1. The van der Waals surface area contributed by atoms with Crippen molar-refractivity contribution in [2.75, 3.05) is 85.0 Å². The van der Waals surface area contributed by atoms with Gasteiger partial charge in [0.25, 0.3) is 5.69 Å². The largest absolute Gasteiger partial charge is 0.462 e. The number of nitrogens with zero attached hydrogens (tertiary/aromatic N) is 1. The van der Waals surface area contributed by atoms with Crippen molar-refractivity contribution in [3.05, 3.63) is 131 Å². The lowest BCUT2D eigenvalue weighted by Crippen LogP contribution is -2.43. The number of aliphatic hydroxyl groups excluding tert-OH is 3. The highest BCUT2D eigenvalue weighted by atomic mass is 32.2. The summed E-state index contributed by atoms with van der Waals surface area (Å²) in [5.41, 5.74) is 0.255. The summed E-state index contributed by atoms with van der Waals surface area (Å²) in [4.78, 5) is 25.9. The number of hydrogen-bond acceptors (Lipinski definition) is 19. The van der Waals surface area contributed by atoms with E-state index in [-0.39, 0.29) is 61.8 Å². The number of benzene rings is 4. The van der Waals surface area contributed by atoms with Gasteiger partial charge in [-0.25, -0.2) is 4.79 Å². The van der Waals surface area contributed by atoms with Crippen LogP contribution in [0, 0.1) is 27.9 Å². The highest BCUT2D eigenvalue weighted by molar-refractivity contribution is 7.99. The lowest BCUT2D eigenvalue weighted by molar-refractivity contribution is -0.384. The molecule has 2 unspecified atom stereocenters. The van der Waals surface area contributed by atoms with Gasteiger partial charge in [-0.3, -0.25) is 10.1 Å². The van der Waals surface area contributed by atoms with Crippen molar-refractivity contribution in [3.8, 4) is 0 Å². The standard InChI is InChI=1S/C19H22N2O4S.C14H21NO2S.C11H17NO2S.C10H19N.C8H17NO3/c1-14(18(20-2)13-26-17-6-4-3-5-7-17)12-25-19(22)15-8-10-16(11-9-15)21(23)24;1-14(2)16-9-13(17-14)12(15-3)10-18-11-7-5-4-6-8-11;1-12-10(11(14)7-13)8-15-9-5-3-2-4-6-9;1-8-6-9-4-2-3-5-10(9)7-11-8;1-8(2)11-5-7(12-8)6(4-10)9-3/h3-11,14,18,20H,12-13H2,1-2H3;4-8,12-13,15H,9-10H2,1-3H3;2-6,10-14H,7-8H2,1H3;8-11H,2-7H2,1H3;6-7,9-10H,4-5H2,1-3H3/t14-,18-;12-,13?;10-,11?;8-,9+,10-;6-,7-/m00010/s1. The number of non-ortho nitro benzene ring substituents is 1. The summed E-state index contributed by atoms with van der Waals surface area (Å²) in [5.74, 6) is 3.37. The molecule has 8 N–H and O–H groups in total. The van der Waals surface area contributed by atoms with Crippen molar-refractivity contribution in [2.45, 2.75) is 148 Å². The van der Waals surface area contributed by atoms with Gasteiger partial charge in [-0.1, -0.05) is 80.8 Å². The molecule has 1 saturated carbocycles. The van der Waals surface area contributed by atoms with Gasteiger partial charge in [0, 0.05) is 74.2 Å². The number of ether oxygens (including phenoxy) is 5. The van der Waals surface area contributed by atoms with E-state index in [9.17, 15) is 20.0 Å². The molecular formula is C62H96N6O11S3. The van der Waals surface area contributed by atoms with Crippen LogP contribution in [0.5, 0.6) is 0 Å². The minimum atomic E-state index is -0.703. The van der Waals surface area contributed by atoms with Gasteiger partial charge in [0.2, 0.25) is 0 Å². The molecular weight excluding hydrogens is 1100 g/mol. The highest BCUT2D eigenvalue weighted by Gasteiger charge is 2.38. The number of carbonyl (C=O) groups is 1. The van der Waals surface area contributed by atoms with Crippen LogP contribution in [0.25, 0.3) is 0 Å². The molecule has 3 saturated heterocycles. The van der Waals surface area contributed by atoms with Gasteiger partial charge in [0.1, 0.15) is 12.2 Å². The fourth-order valence-electron chi connectivity index (χ4n) is 9.63. The van der Waals surface area contributed by atoms with Crippen LogP contribution in [0.4, 0.5) is 5.69 Å². The number of thioether (sulfide) groups is 3. The van der Waals surface area contributed by atoms with Crippen LogP contribution in [0.3, 0.4) is 0 Å². The predicted octanol–water partition coefficient (Wildman–Crippen LogP) is 8.90. The number of hydrogen-bond donors (Lipinski definition) is 8. The Bertz CT molecular complexity index is 2330. The zero-order chi connectivity index (χ0) is 59.9. The first kappa shape index (κ1) is 70.8. The quantitative estimate of drug-likeness (QED) is 0.0150. The number of likely N-dealkylation sites (N-methyl/N-ethyl adjacent to an activating group) is 3. The van der Waals surface area contributed by atoms with Gasteiger partial charge < -0.3 is 65.6 Å². The molecule has 0 aromatic heterocycles. The van der Waals surface area contributed by atoms with Crippen LogP contribution in [0.2, 0.25) is 0 Å². The lowest BCUT2D eigenvalue weighted by Gasteiger charge is -2.38. The van der Waals surface area contributed by atoms with Crippen LogP contribution < -0.4 is 26.6 Å². The Labute approximate surface area is 501 Å². The summed E-state index contributed by atoms with van der Waals surface area (Å²) >= 11 is 5.25. The van der Waals surface area contributed by atoms with Crippen LogP contribution in [0.1, 0.15) is 84.0 Å². The summed E-state index contributed by atoms with van der Waals surface area (Å²) in [5, 5.41) is 54.1. The maximum atomic E-state index is 12.1. The molecule has 4 aromatic carbocycles. The number of carbonyl (C=O) groups excluding carboxylic acids is 1. The average molecular weight is 1200 g/mol. The summed E-state index contributed by atoms with van der Waals surface area (Å²) in [6, 6.07) is 37.1. The van der Waals surface area contributed by atoms with Gasteiger partial charge >= 0.3 is 5.97 Å². The molecule has 3 heterocycles. The Morgan fingerprint density at radius 3 is 1.57 bits per heavy atom. The Kier molecular flexibility index (Phi) is 33.1. The molecule has 4 fully saturated rings. The molecule has 4 aliphatic rings. The number of nitro groups is 1. The monoisotopic (exact) mass is 1200 g/mol. The van der Waals surface area contributed by atoms with Gasteiger partial charge in [0.05, 0.1) is 55.7 Å². The van der Waals surface area contributed by atoms with Crippen molar-refractivity contribution in [1.82, 2.24) is 26.6 Å². The van der Waals surface area contributed by atoms with E-state index in [0.29, 0.717) is 24.8 Å². The third-order valence-corrected chi connectivity index (χ3v) is 18.1. The second-order valence-electron chi connectivity index (χ2n) is 21.8. The smallest absolute Gasteiger partial charge is 0.338 e. The summed E-state index contributed by atoms with van der Waals surface area (Å²) < 4.78 is 27.8. The Morgan fingerprint density at radius 1 is 0.683 bits per heavy atom. The number of aliphatic hydroxyl groups is 3. The lowest BCUT2D eigenvalue weighted by atomic mass is 9.74. The first-order valence-electron chi connectivity index (χ1n) is 28.7. The molecule has 17 nitrogen and oxygen atoms in total. The first-order chi connectivity index (χ1) is 39.3. The molecule has 11 atom stereocenters. The summed E-state index contributed by atoms with van der Waals surface area (Å²) in [7, 11) is 7.46. The van der Waals surface area contributed by atoms with E-state index in [1.54, 1.807) is 37.6 Å². The topological polar surface area (TPSA) is 227 Å². The van der Waals surface area contributed by atoms with E-state index in [1.165, 1.54) is 77.6 Å². The third kappa shape index (κ3) is 26.3. The fourth-order valence-corrected chi connectivity index (χ4v) is 13.1. The molecule has 4 aromatic rings. The summed E-state index contributed by atoms with van der Waals surface area (Å²) in [6.07, 6.45) is 6.79. The van der Waals surface area contributed by atoms with Crippen molar-refractivity contribution in [1.29, 1.82) is 0 Å². The van der Waals surface area contributed by atoms with Crippen molar-refractivity contribution < 1.29 is 48.7 Å². The molecule has 0 bridgehead atoms. The van der Waals surface area contributed by atoms with E-state index in [4.69, 9.17) is 33.9 Å². The summed E-state index contributed by atoms with van der Waals surface area (Å²) in [6.45, 7) is 14.7.